The standard InChI is InChI=1S/C21H22N6O4S/c1-24-16-6-2-3-7-17(16)27(21(24)29)14-19(28)25-9-11-26(12-10-25)32(30,31)18-13-23-20-15(18)5-4-8-22-20/h2-8,13H,9-12,14H2,1H3,(H,22,23). The summed E-state index contributed by atoms with van der Waals surface area (Å²) in [6.45, 7) is 0.814. The zero-order chi connectivity index (χ0) is 22.5. The van der Waals surface area contributed by atoms with Gasteiger partial charge >= 0.3 is 5.69 Å². The number of piperazine rings is 1. The van der Waals surface area contributed by atoms with Crippen LogP contribution in [0.15, 0.2) is 58.5 Å². The van der Waals surface area contributed by atoms with Gasteiger partial charge in [-0.05, 0) is 24.3 Å². The van der Waals surface area contributed by atoms with Crippen LogP contribution in [0.4, 0.5) is 0 Å². The number of nitrogens with zero attached hydrogens (tertiary/aromatic N) is 5. The third-order valence-corrected chi connectivity index (χ3v) is 7.91. The van der Waals surface area contributed by atoms with E-state index in [4.69, 9.17) is 0 Å². The smallest absolute Gasteiger partial charge is 0.329 e. The van der Waals surface area contributed by atoms with Crippen molar-refractivity contribution in [2.75, 3.05) is 26.2 Å². The molecule has 11 heteroatoms. The van der Waals surface area contributed by atoms with Crippen molar-refractivity contribution < 1.29 is 13.2 Å². The normalized spacial score (nSPS) is 15.6. The maximum Gasteiger partial charge on any atom is 0.329 e. The van der Waals surface area contributed by atoms with Crippen LogP contribution in [0.3, 0.4) is 0 Å². The summed E-state index contributed by atoms with van der Waals surface area (Å²) in [5, 5.41) is 0.543. The first-order valence-electron chi connectivity index (χ1n) is 10.2. The number of para-hydroxylation sites is 2. The second-order valence-corrected chi connectivity index (χ2v) is 9.66. The summed E-state index contributed by atoms with van der Waals surface area (Å²) in [4.78, 5) is 34.3. The van der Waals surface area contributed by atoms with Gasteiger partial charge in [-0.15, -0.1) is 0 Å². The number of benzene rings is 1. The molecule has 1 amide bonds. The van der Waals surface area contributed by atoms with Crippen molar-refractivity contribution in [1.29, 1.82) is 0 Å². The van der Waals surface area contributed by atoms with Crippen molar-refractivity contribution in [3.8, 4) is 0 Å². The summed E-state index contributed by atoms with van der Waals surface area (Å²) in [6.07, 6.45) is 3.05. The average molecular weight is 455 g/mol. The van der Waals surface area contributed by atoms with E-state index < -0.39 is 10.0 Å². The summed E-state index contributed by atoms with van der Waals surface area (Å²) < 4.78 is 30.7. The number of aromatic nitrogens is 4. The highest BCUT2D eigenvalue weighted by atomic mass is 32.2. The Kier molecular flexibility index (Phi) is 4.86. The van der Waals surface area contributed by atoms with E-state index in [2.05, 4.69) is 9.97 Å². The second-order valence-electron chi connectivity index (χ2n) is 7.75. The molecule has 4 aromatic rings. The molecule has 10 nitrogen and oxygen atoms in total. The maximum absolute atomic E-state index is 13.2. The van der Waals surface area contributed by atoms with E-state index >= 15 is 0 Å². The predicted molar refractivity (Wildman–Crippen MR) is 119 cm³/mol. The third-order valence-electron chi connectivity index (χ3n) is 5.97. The Morgan fingerprint density at radius 3 is 2.53 bits per heavy atom. The number of aromatic amines is 1. The predicted octanol–water partition coefficient (Wildman–Crippen LogP) is 0.749. The van der Waals surface area contributed by atoms with Crippen molar-refractivity contribution in [3.05, 3.63) is 59.3 Å². The molecule has 0 saturated carbocycles. The molecule has 1 aliphatic heterocycles. The van der Waals surface area contributed by atoms with E-state index in [1.807, 2.05) is 24.3 Å². The van der Waals surface area contributed by atoms with Gasteiger partial charge in [-0.25, -0.2) is 18.2 Å². The first kappa shape index (κ1) is 20.5. The van der Waals surface area contributed by atoms with E-state index in [1.54, 1.807) is 30.3 Å². The molecule has 32 heavy (non-hydrogen) atoms. The lowest BCUT2D eigenvalue weighted by Crippen LogP contribution is -2.51. The SMILES string of the molecule is Cn1c(=O)n(CC(=O)N2CCN(S(=O)(=O)c3c[nH]c4ncccc34)CC2)c2ccccc21. The fourth-order valence-electron chi connectivity index (χ4n) is 4.21. The number of aryl methyl sites for hydroxylation is 1. The number of carbonyl (C=O) groups is 1. The van der Waals surface area contributed by atoms with E-state index in [0.29, 0.717) is 16.6 Å². The summed E-state index contributed by atoms with van der Waals surface area (Å²) >= 11 is 0. The Bertz CT molecular complexity index is 1490. The number of carbonyl (C=O) groups excluding carboxylic acids is 1. The molecule has 1 fully saturated rings. The van der Waals surface area contributed by atoms with Crippen LogP contribution >= 0.6 is 0 Å². The quantitative estimate of drug-likeness (QED) is 0.489. The minimum atomic E-state index is -3.72. The van der Waals surface area contributed by atoms with Gasteiger partial charge < -0.3 is 9.88 Å². The topological polar surface area (TPSA) is 113 Å². The molecule has 1 N–H and O–H groups in total. The van der Waals surface area contributed by atoms with E-state index in [1.165, 1.54) is 19.6 Å². The average Bonchev–Trinajstić information content (AvgIpc) is 3.35. The van der Waals surface area contributed by atoms with Crippen LogP contribution < -0.4 is 5.69 Å². The molecule has 4 heterocycles. The van der Waals surface area contributed by atoms with Crippen molar-refractivity contribution >= 4 is 38.0 Å². The molecule has 166 valence electrons. The van der Waals surface area contributed by atoms with Crippen molar-refractivity contribution in [1.82, 2.24) is 28.3 Å². The highest BCUT2D eigenvalue weighted by molar-refractivity contribution is 7.89. The van der Waals surface area contributed by atoms with Crippen LogP contribution in [0.1, 0.15) is 0 Å². The van der Waals surface area contributed by atoms with E-state index in [9.17, 15) is 18.0 Å². The highest BCUT2D eigenvalue weighted by Crippen LogP contribution is 2.25. The van der Waals surface area contributed by atoms with Gasteiger partial charge in [0.25, 0.3) is 0 Å². The van der Waals surface area contributed by atoms with E-state index in [0.717, 1.165) is 5.52 Å². The number of imidazole rings is 1. The number of sulfonamides is 1. The molecule has 3 aromatic heterocycles. The minimum Gasteiger partial charge on any atom is -0.345 e. The van der Waals surface area contributed by atoms with Gasteiger partial charge in [0.15, 0.2) is 0 Å². The lowest BCUT2D eigenvalue weighted by molar-refractivity contribution is -0.133. The van der Waals surface area contributed by atoms with Crippen LogP contribution in [0.25, 0.3) is 22.1 Å². The second kappa shape index (κ2) is 7.61. The summed E-state index contributed by atoms with van der Waals surface area (Å²) in [6, 6.07) is 10.7. The van der Waals surface area contributed by atoms with Gasteiger partial charge in [-0.3, -0.25) is 13.9 Å². The van der Waals surface area contributed by atoms with Crippen molar-refractivity contribution in [2.45, 2.75) is 11.4 Å². The number of rotatable bonds is 4. The lowest BCUT2D eigenvalue weighted by atomic mass is 10.3. The molecule has 0 atom stereocenters. The summed E-state index contributed by atoms with van der Waals surface area (Å²) in [5.74, 6) is -0.211. The number of H-pyrrole nitrogens is 1. The van der Waals surface area contributed by atoms with Gasteiger partial charge in [0.1, 0.15) is 17.1 Å². The molecule has 0 bridgehead atoms. The maximum atomic E-state index is 13.2. The first-order chi connectivity index (χ1) is 15.4. The Morgan fingerprint density at radius 1 is 1.06 bits per heavy atom. The molecule has 1 aliphatic rings. The number of hydrogen-bond donors (Lipinski definition) is 1. The number of amides is 1. The fraction of sp³-hybridized carbons (Fsp3) is 0.286. The van der Waals surface area contributed by atoms with Crippen LogP contribution in [-0.2, 0) is 28.4 Å². The van der Waals surface area contributed by atoms with Gasteiger partial charge in [-0.1, -0.05) is 12.1 Å². The molecular weight excluding hydrogens is 432 g/mol. The lowest BCUT2D eigenvalue weighted by Gasteiger charge is -2.34. The zero-order valence-electron chi connectivity index (χ0n) is 17.4. The summed E-state index contributed by atoms with van der Waals surface area (Å²) in [5.41, 5.74) is 1.71. The number of pyridine rings is 1. The number of hydrogen-bond acceptors (Lipinski definition) is 5. The zero-order valence-corrected chi connectivity index (χ0v) is 18.2. The van der Waals surface area contributed by atoms with Crippen LogP contribution in [0.5, 0.6) is 0 Å². The summed E-state index contributed by atoms with van der Waals surface area (Å²) in [7, 11) is -2.04. The largest absolute Gasteiger partial charge is 0.345 e. The number of nitrogens with one attached hydrogen (secondary N) is 1. The molecule has 0 radical (unpaired) electrons. The Hall–Kier alpha value is -3.44. The fourth-order valence-corrected chi connectivity index (χ4v) is 5.79. The Balaban J connectivity index is 1.31. The molecule has 0 unspecified atom stereocenters. The van der Waals surface area contributed by atoms with Gasteiger partial charge in [-0.2, -0.15) is 4.31 Å². The molecule has 5 rings (SSSR count). The van der Waals surface area contributed by atoms with Crippen molar-refractivity contribution in [2.24, 2.45) is 7.05 Å². The van der Waals surface area contributed by atoms with Gasteiger partial charge in [0, 0.05) is 51.0 Å². The van der Waals surface area contributed by atoms with Crippen LogP contribution in [0.2, 0.25) is 0 Å². The molecule has 1 aromatic carbocycles. The van der Waals surface area contributed by atoms with E-state index in [-0.39, 0.29) is 49.2 Å². The van der Waals surface area contributed by atoms with Crippen LogP contribution in [-0.4, -0.2) is 68.8 Å². The molecule has 1 saturated heterocycles. The van der Waals surface area contributed by atoms with Crippen molar-refractivity contribution in [3.63, 3.8) is 0 Å². The molecule has 0 spiro atoms. The minimum absolute atomic E-state index is 0.0823. The molecular formula is C21H22N6O4S. The van der Waals surface area contributed by atoms with Crippen LogP contribution in [0, 0.1) is 0 Å². The number of fused-ring (bicyclic) bond motifs is 2. The first-order valence-corrected chi connectivity index (χ1v) is 11.7. The highest BCUT2D eigenvalue weighted by Gasteiger charge is 2.32. The monoisotopic (exact) mass is 454 g/mol. The third kappa shape index (κ3) is 3.21. The molecule has 0 aliphatic carbocycles. The van der Waals surface area contributed by atoms with Gasteiger partial charge in [0.2, 0.25) is 15.9 Å². The van der Waals surface area contributed by atoms with Gasteiger partial charge in [0.05, 0.1) is 11.0 Å². The Morgan fingerprint density at radius 2 is 1.78 bits per heavy atom. The Labute approximate surface area is 183 Å².